The Kier molecular flexibility index (Phi) is 6.22. The summed E-state index contributed by atoms with van der Waals surface area (Å²) in [6, 6.07) is 3.54. The molecular formula is C16H18N2O4S2. The van der Waals surface area contributed by atoms with E-state index in [1.807, 2.05) is 5.38 Å². The fourth-order valence-electron chi connectivity index (χ4n) is 1.88. The van der Waals surface area contributed by atoms with Crippen LogP contribution in [0.1, 0.15) is 51.7 Å². The molecule has 6 nitrogen and oxygen atoms in total. The molecule has 1 amide bonds. The minimum absolute atomic E-state index is 0.0586. The molecular weight excluding hydrogens is 348 g/mol. The number of esters is 1. The smallest absolute Gasteiger partial charge is 0.350 e. The summed E-state index contributed by atoms with van der Waals surface area (Å²) in [6.45, 7) is 5.21. The van der Waals surface area contributed by atoms with E-state index in [0.29, 0.717) is 20.6 Å². The lowest BCUT2D eigenvalue weighted by atomic mass is 10.2. The third kappa shape index (κ3) is 4.97. The summed E-state index contributed by atoms with van der Waals surface area (Å²) in [4.78, 5) is 40.9. The molecule has 2 aromatic heterocycles. The summed E-state index contributed by atoms with van der Waals surface area (Å²) < 4.78 is 5.13. The zero-order valence-electron chi connectivity index (χ0n) is 13.6. The average Bonchev–Trinajstić information content (AvgIpc) is 3.14. The van der Waals surface area contributed by atoms with Crippen LogP contribution in [0.3, 0.4) is 0 Å². The molecule has 128 valence electrons. The van der Waals surface area contributed by atoms with E-state index in [1.54, 1.807) is 32.9 Å². The van der Waals surface area contributed by atoms with Crippen molar-refractivity contribution in [2.24, 2.45) is 0 Å². The molecule has 0 unspecified atom stereocenters. The number of Topliss-reactive ketones (excluding diaryl/α,β-unsaturated/α-hetero) is 1. The van der Waals surface area contributed by atoms with Crippen molar-refractivity contribution in [1.82, 2.24) is 4.98 Å². The van der Waals surface area contributed by atoms with Crippen LogP contribution in [0, 0.1) is 6.92 Å². The summed E-state index contributed by atoms with van der Waals surface area (Å²) in [7, 11) is 0. The van der Waals surface area contributed by atoms with Crippen LogP contribution in [0.2, 0.25) is 0 Å². The molecule has 8 heteroatoms. The van der Waals surface area contributed by atoms with E-state index in [2.05, 4.69) is 10.3 Å². The van der Waals surface area contributed by atoms with Crippen LogP contribution in [-0.2, 0) is 9.53 Å². The van der Waals surface area contributed by atoms with Gasteiger partial charge in [-0.2, -0.15) is 0 Å². The van der Waals surface area contributed by atoms with Gasteiger partial charge in [0.2, 0.25) is 5.91 Å². The second kappa shape index (κ2) is 8.16. The number of anilines is 1. The number of amides is 1. The van der Waals surface area contributed by atoms with Gasteiger partial charge in [-0.3, -0.25) is 9.59 Å². The Morgan fingerprint density at radius 1 is 1.29 bits per heavy atom. The van der Waals surface area contributed by atoms with Crippen molar-refractivity contribution in [3.05, 3.63) is 33.0 Å². The second-order valence-electron chi connectivity index (χ2n) is 5.34. The first kappa shape index (κ1) is 18.3. The quantitative estimate of drug-likeness (QED) is 0.597. The van der Waals surface area contributed by atoms with E-state index in [4.69, 9.17) is 4.74 Å². The van der Waals surface area contributed by atoms with Gasteiger partial charge in [-0.05, 0) is 32.2 Å². The van der Waals surface area contributed by atoms with Crippen LogP contribution >= 0.6 is 22.7 Å². The van der Waals surface area contributed by atoms with Crippen molar-refractivity contribution in [2.75, 3.05) is 5.32 Å². The number of ether oxygens (including phenoxy) is 1. The number of hydrogen-bond acceptors (Lipinski definition) is 7. The summed E-state index contributed by atoms with van der Waals surface area (Å²) in [5, 5.41) is 4.78. The minimum atomic E-state index is -0.451. The Bertz CT molecular complexity index is 735. The fraction of sp³-hybridized carbons (Fsp3) is 0.375. The fourth-order valence-corrected chi connectivity index (χ4v) is 3.44. The van der Waals surface area contributed by atoms with Crippen molar-refractivity contribution in [1.29, 1.82) is 0 Å². The highest BCUT2D eigenvalue weighted by molar-refractivity contribution is 7.17. The predicted octanol–water partition coefficient (Wildman–Crippen LogP) is 3.68. The lowest BCUT2D eigenvalue weighted by molar-refractivity contribution is -0.116. The van der Waals surface area contributed by atoms with Gasteiger partial charge < -0.3 is 10.1 Å². The second-order valence-corrected chi connectivity index (χ2v) is 7.28. The maximum absolute atomic E-state index is 11.9. The van der Waals surface area contributed by atoms with Gasteiger partial charge in [0, 0.05) is 12.8 Å². The Labute approximate surface area is 147 Å². The van der Waals surface area contributed by atoms with Crippen molar-refractivity contribution in [2.45, 2.75) is 39.7 Å². The first-order valence-corrected chi connectivity index (χ1v) is 9.11. The number of hydrogen-bond donors (Lipinski definition) is 1. The summed E-state index contributed by atoms with van der Waals surface area (Å²) in [6.07, 6.45) is -0.0135. The van der Waals surface area contributed by atoms with Crippen LogP contribution in [0.25, 0.3) is 0 Å². The van der Waals surface area contributed by atoms with Crippen LogP contribution in [0.4, 0.5) is 5.13 Å². The maximum Gasteiger partial charge on any atom is 0.350 e. The average molecular weight is 366 g/mol. The Balaban J connectivity index is 1.90. The minimum Gasteiger partial charge on any atom is -0.459 e. The van der Waals surface area contributed by atoms with Crippen LogP contribution in [0.15, 0.2) is 17.5 Å². The molecule has 0 fully saturated rings. The number of nitrogens with one attached hydrogen (secondary N) is 1. The molecule has 2 heterocycles. The van der Waals surface area contributed by atoms with Crippen molar-refractivity contribution in [3.8, 4) is 0 Å². The number of thiophene rings is 1. The molecule has 0 spiro atoms. The number of thiazole rings is 1. The monoisotopic (exact) mass is 366 g/mol. The van der Waals surface area contributed by atoms with E-state index in [0.717, 1.165) is 11.3 Å². The van der Waals surface area contributed by atoms with Crippen molar-refractivity contribution in [3.63, 3.8) is 0 Å². The normalized spacial score (nSPS) is 10.7. The highest BCUT2D eigenvalue weighted by Crippen LogP contribution is 2.24. The molecule has 0 bridgehead atoms. The number of rotatable bonds is 7. The number of aromatic nitrogens is 1. The highest BCUT2D eigenvalue weighted by atomic mass is 32.1. The van der Waals surface area contributed by atoms with E-state index in [-0.39, 0.29) is 30.6 Å². The molecule has 0 saturated heterocycles. The Hall–Kier alpha value is -2.06. The topological polar surface area (TPSA) is 85.4 Å². The molecule has 2 aromatic rings. The molecule has 2 rings (SSSR count). The van der Waals surface area contributed by atoms with E-state index in [1.165, 1.54) is 11.3 Å². The highest BCUT2D eigenvalue weighted by Gasteiger charge is 2.19. The first-order valence-electron chi connectivity index (χ1n) is 7.41. The van der Waals surface area contributed by atoms with Gasteiger partial charge in [0.05, 0.1) is 16.7 Å². The molecule has 0 aliphatic heterocycles. The van der Waals surface area contributed by atoms with Gasteiger partial charge in [0.1, 0.15) is 4.88 Å². The standard InChI is InChI=1S/C16H18N2O4S2/c1-9(2)22-15(21)14-10(3)17-16(24-14)18-13(20)7-6-11(19)12-5-4-8-23-12/h4-5,8-9H,6-7H2,1-3H3,(H,17,18,20). The van der Waals surface area contributed by atoms with Gasteiger partial charge in [0.15, 0.2) is 10.9 Å². The SMILES string of the molecule is Cc1nc(NC(=O)CCC(=O)c2cccs2)sc1C(=O)OC(C)C. The molecule has 0 aromatic carbocycles. The predicted molar refractivity (Wildman–Crippen MR) is 93.9 cm³/mol. The number of ketones is 1. The van der Waals surface area contributed by atoms with Crippen LogP contribution in [0.5, 0.6) is 0 Å². The molecule has 0 atom stereocenters. The van der Waals surface area contributed by atoms with Crippen LogP contribution < -0.4 is 5.32 Å². The zero-order chi connectivity index (χ0) is 17.7. The molecule has 0 aliphatic carbocycles. The van der Waals surface area contributed by atoms with E-state index in [9.17, 15) is 14.4 Å². The largest absolute Gasteiger partial charge is 0.459 e. The van der Waals surface area contributed by atoms with Gasteiger partial charge in [0.25, 0.3) is 0 Å². The third-order valence-corrected chi connectivity index (χ3v) is 4.91. The molecule has 24 heavy (non-hydrogen) atoms. The molecule has 0 radical (unpaired) electrons. The molecule has 0 aliphatic rings. The lowest BCUT2D eigenvalue weighted by Gasteiger charge is -2.05. The lowest BCUT2D eigenvalue weighted by Crippen LogP contribution is -2.13. The number of carbonyl (C=O) groups excluding carboxylic acids is 3. The number of nitrogens with zero attached hydrogens (tertiary/aromatic N) is 1. The Morgan fingerprint density at radius 2 is 2.04 bits per heavy atom. The van der Waals surface area contributed by atoms with Gasteiger partial charge in [-0.25, -0.2) is 9.78 Å². The van der Waals surface area contributed by atoms with Gasteiger partial charge in [-0.15, -0.1) is 11.3 Å². The zero-order valence-corrected chi connectivity index (χ0v) is 15.3. The van der Waals surface area contributed by atoms with Crippen molar-refractivity contribution >= 4 is 45.5 Å². The van der Waals surface area contributed by atoms with E-state index < -0.39 is 5.97 Å². The molecule has 1 N–H and O–H groups in total. The van der Waals surface area contributed by atoms with Crippen molar-refractivity contribution < 1.29 is 19.1 Å². The summed E-state index contributed by atoms with van der Waals surface area (Å²) >= 11 is 2.43. The van der Waals surface area contributed by atoms with Gasteiger partial charge >= 0.3 is 5.97 Å². The third-order valence-electron chi connectivity index (χ3n) is 2.95. The number of aryl methyl sites for hydroxylation is 1. The molecule has 0 saturated carbocycles. The summed E-state index contributed by atoms with van der Waals surface area (Å²) in [5.41, 5.74) is 0.510. The maximum atomic E-state index is 11.9. The summed E-state index contributed by atoms with van der Waals surface area (Å²) in [5.74, 6) is -0.817. The Morgan fingerprint density at radius 3 is 2.67 bits per heavy atom. The number of carbonyl (C=O) groups is 3. The first-order chi connectivity index (χ1) is 11.4. The van der Waals surface area contributed by atoms with E-state index >= 15 is 0 Å². The van der Waals surface area contributed by atoms with Crippen LogP contribution in [-0.4, -0.2) is 28.7 Å². The van der Waals surface area contributed by atoms with Gasteiger partial charge in [-0.1, -0.05) is 17.4 Å².